The monoisotopic (exact) mass is 438 g/mol. The molecule has 0 amide bonds. The Morgan fingerprint density at radius 2 is 1.09 bits per heavy atom. The summed E-state index contributed by atoms with van der Waals surface area (Å²) in [5.74, 6) is 0. The molecule has 0 spiro atoms. The molecule has 0 fully saturated rings. The molecule has 3 nitrogen and oxygen atoms in total. The van der Waals surface area contributed by atoms with E-state index in [0.717, 1.165) is 33.1 Å². The maximum absolute atomic E-state index is 9.64. The van der Waals surface area contributed by atoms with E-state index in [2.05, 4.69) is 66.7 Å². The van der Waals surface area contributed by atoms with Crippen LogP contribution in [0.3, 0.4) is 0 Å². The molecule has 0 atom stereocenters. The highest BCUT2D eigenvalue weighted by Crippen LogP contribution is 2.41. The van der Waals surface area contributed by atoms with Gasteiger partial charge in [-0.2, -0.15) is 0 Å². The van der Waals surface area contributed by atoms with Gasteiger partial charge in [-0.05, 0) is 55.5 Å². The Morgan fingerprint density at radius 3 is 1.76 bits per heavy atom. The summed E-state index contributed by atoms with van der Waals surface area (Å²) in [6.45, 7) is 0. The van der Waals surface area contributed by atoms with E-state index in [4.69, 9.17) is 4.42 Å². The Hall–Kier alpha value is -4.12. The fourth-order valence-corrected chi connectivity index (χ4v) is 5.29. The minimum absolute atomic E-state index is 0.453. The van der Waals surface area contributed by atoms with E-state index in [0.29, 0.717) is 5.46 Å². The van der Waals surface area contributed by atoms with Gasteiger partial charge in [-0.15, -0.1) is 0 Å². The number of fused-ring (bicyclic) bond motifs is 9. The second kappa shape index (κ2) is 7.19. The van der Waals surface area contributed by atoms with Gasteiger partial charge in [-0.1, -0.05) is 91.0 Å². The van der Waals surface area contributed by atoms with E-state index in [1.165, 1.54) is 32.3 Å². The van der Waals surface area contributed by atoms with Crippen LogP contribution in [0.5, 0.6) is 0 Å². The van der Waals surface area contributed by atoms with Crippen LogP contribution < -0.4 is 5.46 Å². The summed E-state index contributed by atoms with van der Waals surface area (Å²) in [6, 6.07) is 34.9. The van der Waals surface area contributed by atoms with Crippen molar-refractivity contribution in [3.63, 3.8) is 0 Å². The molecule has 7 aromatic rings. The topological polar surface area (TPSA) is 53.6 Å². The molecule has 34 heavy (non-hydrogen) atoms. The van der Waals surface area contributed by atoms with Crippen molar-refractivity contribution in [2.45, 2.75) is 0 Å². The van der Waals surface area contributed by atoms with E-state index in [-0.39, 0.29) is 0 Å². The van der Waals surface area contributed by atoms with Gasteiger partial charge in [0.25, 0.3) is 0 Å². The van der Waals surface area contributed by atoms with E-state index in [9.17, 15) is 10.0 Å². The van der Waals surface area contributed by atoms with Crippen molar-refractivity contribution in [3.05, 3.63) is 103 Å². The smallest absolute Gasteiger partial charge is 0.455 e. The average Bonchev–Trinajstić information content (AvgIpc) is 3.26. The maximum Gasteiger partial charge on any atom is 0.488 e. The third-order valence-electron chi connectivity index (χ3n) is 6.86. The zero-order valence-corrected chi connectivity index (χ0v) is 18.2. The third-order valence-corrected chi connectivity index (χ3v) is 6.86. The van der Waals surface area contributed by atoms with Crippen LogP contribution >= 0.6 is 0 Å². The first-order valence-corrected chi connectivity index (χ1v) is 11.3. The van der Waals surface area contributed by atoms with Crippen molar-refractivity contribution in [2.24, 2.45) is 0 Å². The molecule has 6 aromatic carbocycles. The first-order chi connectivity index (χ1) is 16.7. The molecule has 0 radical (unpaired) electrons. The second-order valence-corrected chi connectivity index (χ2v) is 8.77. The molecular formula is C30H19BO3. The van der Waals surface area contributed by atoms with Crippen LogP contribution in [0, 0.1) is 0 Å². The Labute approximate surface area is 195 Å². The molecule has 0 saturated heterocycles. The molecule has 0 saturated carbocycles. The van der Waals surface area contributed by atoms with Crippen LogP contribution in [0.2, 0.25) is 0 Å². The summed E-state index contributed by atoms with van der Waals surface area (Å²) in [4.78, 5) is 0. The van der Waals surface area contributed by atoms with Crippen LogP contribution in [0.1, 0.15) is 0 Å². The summed E-state index contributed by atoms with van der Waals surface area (Å²) < 4.78 is 6.48. The first-order valence-electron chi connectivity index (χ1n) is 11.3. The Balaban J connectivity index is 1.60. The van der Waals surface area contributed by atoms with Gasteiger partial charge in [-0.3, -0.25) is 0 Å². The molecular weight excluding hydrogens is 419 g/mol. The first kappa shape index (κ1) is 19.4. The van der Waals surface area contributed by atoms with Gasteiger partial charge in [0.1, 0.15) is 11.2 Å². The number of rotatable bonds is 2. The molecule has 1 heterocycles. The van der Waals surface area contributed by atoms with Gasteiger partial charge in [0, 0.05) is 16.3 Å². The minimum atomic E-state index is -1.51. The number of para-hydroxylation sites is 1. The highest BCUT2D eigenvalue weighted by atomic mass is 16.4. The predicted molar refractivity (Wildman–Crippen MR) is 141 cm³/mol. The molecule has 160 valence electrons. The second-order valence-electron chi connectivity index (χ2n) is 8.77. The number of furan rings is 1. The summed E-state index contributed by atoms with van der Waals surface area (Å²) in [7, 11) is -1.51. The standard InChI is InChI=1S/C30H19BO3/c32-31(33)19-8-5-7-18(15-19)20-13-6-14-25-28-16-26-23-11-3-1-9-21(23)22-10-2-4-12-24(22)27(26)17-29(28)34-30(20)25/h1-17,32-33H. The van der Waals surface area contributed by atoms with Crippen LogP contribution in [0.4, 0.5) is 0 Å². The van der Waals surface area contributed by atoms with Crippen LogP contribution in [-0.2, 0) is 0 Å². The zero-order chi connectivity index (χ0) is 22.8. The quantitative estimate of drug-likeness (QED) is 0.243. The predicted octanol–water partition coefficient (Wildman–Crippen LogP) is 6.39. The molecule has 2 N–H and O–H groups in total. The van der Waals surface area contributed by atoms with Crippen LogP contribution in [0.25, 0.3) is 65.4 Å². The molecule has 0 unspecified atom stereocenters. The van der Waals surface area contributed by atoms with Crippen LogP contribution in [0.15, 0.2) is 108 Å². The summed E-state index contributed by atoms with van der Waals surface area (Å²) >= 11 is 0. The Kier molecular flexibility index (Phi) is 4.10. The molecule has 0 aliphatic heterocycles. The minimum Gasteiger partial charge on any atom is -0.455 e. The molecule has 0 aliphatic carbocycles. The fraction of sp³-hybridized carbons (Fsp3) is 0. The zero-order valence-electron chi connectivity index (χ0n) is 18.2. The highest BCUT2D eigenvalue weighted by Gasteiger charge is 2.17. The van der Waals surface area contributed by atoms with E-state index in [1.54, 1.807) is 12.1 Å². The van der Waals surface area contributed by atoms with Gasteiger partial charge < -0.3 is 14.5 Å². The Bertz CT molecular complexity index is 1900. The van der Waals surface area contributed by atoms with E-state index in [1.807, 2.05) is 24.3 Å². The Morgan fingerprint density at radius 1 is 0.500 bits per heavy atom. The van der Waals surface area contributed by atoms with Crippen molar-refractivity contribution in [2.75, 3.05) is 0 Å². The van der Waals surface area contributed by atoms with Gasteiger partial charge in [0.15, 0.2) is 0 Å². The molecule has 7 rings (SSSR count). The highest BCUT2D eigenvalue weighted by molar-refractivity contribution is 6.58. The molecule has 0 bridgehead atoms. The van der Waals surface area contributed by atoms with E-state index >= 15 is 0 Å². The lowest BCUT2D eigenvalue weighted by Gasteiger charge is -2.10. The van der Waals surface area contributed by atoms with Crippen molar-refractivity contribution in [1.29, 1.82) is 0 Å². The van der Waals surface area contributed by atoms with Crippen molar-refractivity contribution in [3.8, 4) is 11.1 Å². The lowest BCUT2D eigenvalue weighted by atomic mass is 9.79. The number of hydrogen-bond donors (Lipinski definition) is 2. The van der Waals surface area contributed by atoms with Crippen LogP contribution in [-0.4, -0.2) is 17.2 Å². The summed E-state index contributed by atoms with van der Waals surface area (Å²) in [6.07, 6.45) is 0. The molecule has 1 aromatic heterocycles. The van der Waals surface area contributed by atoms with Crippen molar-refractivity contribution in [1.82, 2.24) is 0 Å². The third kappa shape index (κ3) is 2.73. The lowest BCUT2D eigenvalue weighted by Crippen LogP contribution is -2.29. The normalized spacial score (nSPS) is 11.8. The van der Waals surface area contributed by atoms with Crippen molar-refractivity contribution >= 4 is 66.8 Å². The average molecular weight is 438 g/mol. The van der Waals surface area contributed by atoms with Gasteiger partial charge in [0.2, 0.25) is 0 Å². The van der Waals surface area contributed by atoms with Crippen molar-refractivity contribution < 1.29 is 14.5 Å². The summed E-state index contributed by atoms with van der Waals surface area (Å²) in [5, 5.41) is 28.7. The summed E-state index contributed by atoms with van der Waals surface area (Å²) in [5.41, 5.74) is 3.90. The largest absolute Gasteiger partial charge is 0.488 e. The molecule has 4 heteroatoms. The maximum atomic E-state index is 9.64. The lowest BCUT2D eigenvalue weighted by molar-refractivity contribution is 0.426. The number of benzene rings is 6. The van der Waals surface area contributed by atoms with Gasteiger partial charge in [-0.25, -0.2) is 0 Å². The number of hydrogen-bond acceptors (Lipinski definition) is 3. The SMILES string of the molecule is OB(O)c1cccc(-c2cccc3c2oc2cc4c5ccccc5c5ccccc5c4cc23)c1. The van der Waals surface area contributed by atoms with Gasteiger partial charge >= 0.3 is 7.12 Å². The van der Waals surface area contributed by atoms with Gasteiger partial charge in [0.05, 0.1) is 0 Å². The molecule has 0 aliphatic rings. The van der Waals surface area contributed by atoms with E-state index < -0.39 is 7.12 Å². The fourth-order valence-electron chi connectivity index (χ4n) is 5.29.